The van der Waals surface area contributed by atoms with Crippen LogP contribution in [0.15, 0.2) is 59.0 Å². The van der Waals surface area contributed by atoms with Crippen molar-refractivity contribution in [2.24, 2.45) is 0 Å². The number of aliphatic hydroxyl groups excluding tert-OH is 2. The number of anilines is 1. The Morgan fingerprint density at radius 1 is 1.00 bits per heavy atom. The van der Waals surface area contributed by atoms with E-state index in [4.69, 9.17) is 31.2 Å². The number of nitrogens with two attached hydrogens (primary N) is 1. The predicted molar refractivity (Wildman–Crippen MR) is 139 cm³/mol. The van der Waals surface area contributed by atoms with Crippen LogP contribution in [-0.2, 0) is 4.74 Å². The molecule has 6 rings (SSSR count). The van der Waals surface area contributed by atoms with Gasteiger partial charge in [-0.1, -0.05) is 53.1 Å². The van der Waals surface area contributed by atoms with Crippen LogP contribution in [0, 0.1) is 0 Å². The lowest BCUT2D eigenvalue weighted by molar-refractivity contribution is -0.131. The molecule has 1 aliphatic rings. The molecule has 11 nitrogen and oxygen atoms in total. The molecular formula is C26H23ClN6O5. The molecule has 1 fully saturated rings. The van der Waals surface area contributed by atoms with E-state index in [2.05, 4.69) is 25.1 Å². The number of nitrogens with zero attached hydrogens (tertiary/aromatic N) is 4. The van der Waals surface area contributed by atoms with Crippen LogP contribution in [-0.4, -0.2) is 66.9 Å². The fourth-order valence-corrected chi connectivity index (χ4v) is 4.64. The van der Waals surface area contributed by atoms with Crippen LogP contribution in [0.5, 0.6) is 6.01 Å². The van der Waals surface area contributed by atoms with E-state index in [0.717, 1.165) is 22.3 Å². The van der Waals surface area contributed by atoms with Gasteiger partial charge in [-0.25, -0.2) is 4.98 Å². The second-order valence-corrected chi connectivity index (χ2v) is 9.34. The van der Waals surface area contributed by atoms with Crippen molar-refractivity contribution in [1.82, 2.24) is 25.1 Å². The molecule has 0 radical (unpaired) electrons. The average molecular weight is 535 g/mol. The molecule has 1 aliphatic heterocycles. The number of hydrogen-bond acceptors (Lipinski definition) is 10. The van der Waals surface area contributed by atoms with E-state index in [1.54, 1.807) is 6.07 Å². The fraction of sp³-hybridized carbons (Fsp3) is 0.231. The van der Waals surface area contributed by atoms with E-state index in [-0.39, 0.29) is 25.2 Å². The maximum atomic E-state index is 10.1. The van der Waals surface area contributed by atoms with Crippen molar-refractivity contribution in [2.45, 2.75) is 24.7 Å². The number of aliphatic hydroxyl groups is 2. The quantitative estimate of drug-likeness (QED) is 0.253. The molecule has 194 valence electrons. The van der Waals surface area contributed by atoms with Crippen molar-refractivity contribution in [3.63, 3.8) is 0 Å². The first-order valence-corrected chi connectivity index (χ1v) is 12.3. The number of aromatic nitrogens is 5. The molecule has 1 saturated heterocycles. The van der Waals surface area contributed by atoms with E-state index in [1.165, 1.54) is 0 Å². The monoisotopic (exact) mass is 534 g/mol. The van der Waals surface area contributed by atoms with Crippen molar-refractivity contribution < 1.29 is 24.1 Å². The summed E-state index contributed by atoms with van der Waals surface area (Å²) in [5.41, 5.74) is 10.8. The number of benzene rings is 2. The first kappa shape index (κ1) is 24.3. The van der Waals surface area contributed by atoms with Crippen LogP contribution in [0.4, 0.5) is 6.01 Å². The lowest BCUT2D eigenvalue weighted by atomic mass is 10.0. The zero-order valence-corrected chi connectivity index (χ0v) is 20.7. The molecule has 2 aromatic carbocycles. The van der Waals surface area contributed by atoms with Gasteiger partial charge in [0.1, 0.15) is 12.2 Å². The number of nitrogen functional groups attached to an aromatic ring is 1. The van der Waals surface area contributed by atoms with Gasteiger partial charge in [-0.15, -0.1) is 5.10 Å². The molecule has 3 atom stereocenters. The second kappa shape index (κ2) is 10.0. The number of H-pyrrole nitrogens is 1. The summed E-state index contributed by atoms with van der Waals surface area (Å²) in [4.78, 5) is 12.1. The topological polar surface area (TPSA) is 165 Å². The van der Waals surface area contributed by atoms with Gasteiger partial charge >= 0.3 is 6.01 Å². The van der Waals surface area contributed by atoms with Gasteiger partial charge in [0.15, 0.2) is 5.65 Å². The van der Waals surface area contributed by atoms with Gasteiger partial charge in [-0.3, -0.25) is 0 Å². The van der Waals surface area contributed by atoms with Gasteiger partial charge in [0, 0.05) is 17.5 Å². The summed E-state index contributed by atoms with van der Waals surface area (Å²) < 4.78 is 16.6. The van der Waals surface area contributed by atoms with Gasteiger partial charge in [0.05, 0.1) is 35.6 Å². The summed E-state index contributed by atoms with van der Waals surface area (Å²) in [6.07, 6.45) is -1.50. The highest BCUT2D eigenvalue weighted by molar-refractivity contribution is 6.33. The molecule has 0 spiro atoms. The minimum atomic E-state index is -0.812. The Morgan fingerprint density at radius 2 is 1.68 bits per heavy atom. The molecule has 12 heteroatoms. The number of nitrogens with one attached hydrogen (secondary N) is 1. The molecule has 0 unspecified atom stereocenters. The number of hydrogen-bond donors (Lipinski definition) is 4. The average Bonchev–Trinajstić information content (AvgIpc) is 3.53. The number of pyridine rings is 1. The zero-order valence-electron chi connectivity index (χ0n) is 19.9. The Hall–Kier alpha value is -4.03. The number of aromatic amines is 1. The smallest absolute Gasteiger partial charge is 0.313 e. The van der Waals surface area contributed by atoms with Gasteiger partial charge in [0.25, 0.3) is 6.01 Å². The number of imidazole rings is 1. The standard InChI is InChI=1S/C26H23ClN6O5/c27-18-10-19-23(31-26(29-19)37-17-9-20(35)21(11-34)36-12-17)30-22(18)15-5-1-13(2-6-15)14-3-7-16(8-4-14)24-32-33-25(28)38-24/h1-8,10,17,20-21,34-35H,9,11-12H2,(H2,28,33)(H,29,30,31)/t17-,20+,21-/m1/s1. The highest BCUT2D eigenvalue weighted by Crippen LogP contribution is 2.32. The van der Waals surface area contributed by atoms with Gasteiger partial charge in [-0.2, -0.15) is 4.98 Å². The molecule has 0 amide bonds. The van der Waals surface area contributed by atoms with Crippen LogP contribution >= 0.6 is 11.6 Å². The minimum absolute atomic E-state index is 0.0271. The molecular weight excluding hydrogens is 512 g/mol. The lowest BCUT2D eigenvalue weighted by Gasteiger charge is -2.31. The van der Waals surface area contributed by atoms with E-state index >= 15 is 0 Å². The third-order valence-electron chi connectivity index (χ3n) is 6.36. The predicted octanol–water partition coefficient (Wildman–Crippen LogP) is 3.47. The zero-order chi connectivity index (χ0) is 26.2. The van der Waals surface area contributed by atoms with Crippen molar-refractivity contribution in [1.29, 1.82) is 0 Å². The molecule has 0 aliphatic carbocycles. The Morgan fingerprint density at radius 3 is 2.32 bits per heavy atom. The molecule has 38 heavy (non-hydrogen) atoms. The molecule has 4 heterocycles. The van der Waals surface area contributed by atoms with Crippen molar-refractivity contribution in [3.05, 3.63) is 59.6 Å². The first-order valence-electron chi connectivity index (χ1n) is 11.9. The van der Waals surface area contributed by atoms with E-state index in [0.29, 0.717) is 34.2 Å². The highest BCUT2D eigenvalue weighted by atomic mass is 35.5. The van der Waals surface area contributed by atoms with Crippen molar-refractivity contribution in [3.8, 4) is 39.8 Å². The van der Waals surface area contributed by atoms with Gasteiger partial charge < -0.3 is 34.8 Å². The Bertz CT molecular complexity index is 1570. The maximum Gasteiger partial charge on any atom is 0.313 e. The summed E-state index contributed by atoms with van der Waals surface area (Å²) >= 11 is 6.57. The van der Waals surface area contributed by atoms with Crippen LogP contribution in [0.2, 0.25) is 5.02 Å². The van der Waals surface area contributed by atoms with Crippen LogP contribution in [0.1, 0.15) is 6.42 Å². The maximum absolute atomic E-state index is 10.1. The summed E-state index contributed by atoms with van der Waals surface area (Å²) in [6, 6.07) is 17.6. The van der Waals surface area contributed by atoms with Gasteiger partial charge in [0.2, 0.25) is 5.89 Å². The highest BCUT2D eigenvalue weighted by Gasteiger charge is 2.31. The van der Waals surface area contributed by atoms with Crippen molar-refractivity contribution in [2.75, 3.05) is 18.9 Å². The van der Waals surface area contributed by atoms with Crippen LogP contribution in [0.25, 0.3) is 45.0 Å². The molecule has 0 bridgehead atoms. The molecule has 3 aromatic heterocycles. The second-order valence-electron chi connectivity index (χ2n) is 8.93. The fourth-order valence-electron chi connectivity index (χ4n) is 4.38. The lowest BCUT2D eigenvalue weighted by Crippen LogP contribution is -2.45. The number of fused-ring (bicyclic) bond motifs is 1. The molecule has 5 N–H and O–H groups in total. The Kier molecular flexibility index (Phi) is 6.42. The third kappa shape index (κ3) is 4.79. The number of rotatable bonds is 6. The molecule has 0 saturated carbocycles. The minimum Gasteiger partial charge on any atom is -0.459 e. The summed E-state index contributed by atoms with van der Waals surface area (Å²) in [6.45, 7) is -0.00621. The number of ether oxygens (including phenoxy) is 2. The third-order valence-corrected chi connectivity index (χ3v) is 6.65. The largest absolute Gasteiger partial charge is 0.459 e. The summed E-state index contributed by atoms with van der Waals surface area (Å²) in [7, 11) is 0. The van der Waals surface area contributed by atoms with Crippen LogP contribution < -0.4 is 10.5 Å². The van der Waals surface area contributed by atoms with Gasteiger partial charge in [-0.05, 0) is 29.3 Å². The SMILES string of the molecule is Nc1nnc(-c2ccc(-c3ccc(-c4nc5nc(O[C@H]6CO[C@H](CO)[C@@H](O)C6)[nH]c5cc4Cl)cc3)cc2)o1. The summed E-state index contributed by atoms with van der Waals surface area (Å²) in [5, 5.41) is 27.3. The number of halogens is 1. The Labute approximate surface area is 221 Å². The normalized spacial score (nSPS) is 19.6. The van der Waals surface area contributed by atoms with E-state index in [9.17, 15) is 10.2 Å². The van der Waals surface area contributed by atoms with Crippen LogP contribution in [0.3, 0.4) is 0 Å². The van der Waals surface area contributed by atoms with E-state index < -0.39 is 18.3 Å². The van der Waals surface area contributed by atoms with E-state index in [1.807, 2.05) is 48.5 Å². The summed E-state index contributed by atoms with van der Waals surface area (Å²) in [5.74, 6) is 0.368. The molecule has 5 aromatic rings. The van der Waals surface area contributed by atoms with Crippen molar-refractivity contribution >= 4 is 28.8 Å². The Balaban J connectivity index is 1.19. The first-order chi connectivity index (χ1) is 18.5.